The van der Waals surface area contributed by atoms with Gasteiger partial charge in [-0.25, -0.2) is 0 Å². The fourth-order valence-corrected chi connectivity index (χ4v) is 3.43. The lowest BCUT2D eigenvalue weighted by Crippen LogP contribution is -2.45. The number of benzene rings is 1. The first-order valence-corrected chi connectivity index (χ1v) is 8.11. The summed E-state index contributed by atoms with van der Waals surface area (Å²) < 4.78 is 0.888. The van der Waals surface area contributed by atoms with E-state index in [0.29, 0.717) is 17.4 Å². The van der Waals surface area contributed by atoms with Gasteiger partial charge >= 0.3 is 0 Å². The van der Waals surface area contributed by atoms with Crippen molar-refractivity contribution in [2.75, 3.05) is 13.1 Å². The number of halogens is 2. The van der Waals surface area contributed by atoms with Crippen LogP contribution in [0.5, 0.6) is 0 Å². The van der Waals surface area contributed by atoms with Crippen molar-refractivity contribution in [2.24, 2.45) is 11.7 Å². The minimum absolute atomic E-state index is 0.146. The number of carbonyl (C=O) groups excluding carboxylic acids is 1. The van der Waals surface area contributed by atoms with Gasteiger partial charge in [-0.1, -0.05) is 33.6 Å². The molecular formula is C15H20BrClN2O. The van der Waals surface area contributed by atoms with Crippen LogP contribution in [0.3, 0.4) is 0 Å². The molecule has 3 nitrogen and oxygen atoms in total. The Balaban J connectivity index is 2.00. The topological polar surface area (TPSA) is 46.3 Å². The zero-order valence-corrected chi connectivity index (χ0v) is 14.0. The van der Waals surface area contributed by atoms with Crippen molar-refractivity contribution in [3.05, 3.63) is 33.3 Å². The van der Waals surface area contributed by atoms with Crippen LogP contribution in [0.1, 0.15) is 25.3 Å². The van der Waals surface area contributed by atoms with E-state index in [0.717, 1.165) is 36.0 Å². The van der Waals surface area contributed by atoms with Crippen molar-refractivity contribution >= 4 is 33.4 Å². The van der Waals surface area contributed by atoms with Gasteiger partial charge in [0.15, 0.2) is 0 Å². The molecule has 1 aliphatic rings. The summed E-state index contributed by atoms with van der Waals surface area (Å²) >= 11 is 9.38. The number of nitrogens with zero attached hydrogens (tertiary/aromatic N) is 1. The maximum atomic E-state index is 12.4. The number of hydrogen-bond acceptors (Lipinski definition) is 2. The van der Waals surface area contributed by atoms with E-state index in [4.69, 9.17) is 17.3 Å². The molecule has 0 radical (unpaired) electrons. The van der Waals surface area contributed by atoms with Gasteiger partial charge in [-0.15, -0.1) is 0 Å². The monoisotopic (exact) mass is 358 g/mol. The maximum Gasteiger partial charge on any atom is 0.227 e. The highest BCUT2D eigenvalue weighted by Gasteiger charge is 2.25. The van der Waals surface area contributed by atoms with Crippen molar-refractivity contribution in [1.82, 2.24) is 4.90 Å². The van der Waals surface area contributed by atoms with E-state index in [9.17, 15) is 4.79 Å². The molecule has 1 fully saturated rings. The Morgan fingerprint density at radius 2 is 2.35 bits per heavy atom. The van der Waals surface area contributed by atoms with Crippen LogP contribution in [-0.2, 0) is 11.2 Å². The number of likely N-dealkylation sites (tertiary alicyclic amines) is 1. The summed E-state index contributed by atoms with van der Waals surface area (Å²) in [4.78, 5) is 14.3. The van der Waals surface area contributed by atoms with Gasteiger partial charge in [0.25, 0.3) is 0 Å². The Morgan fingerprint density at radius 3 is 3.00 bits per heavy atom. The highest BCUT2D eigenvalue weighted by Crippen LogP contribution is 2.24. The minimum Gasteiger partial charge on any atom is -0.342 e. The maximum absolute atomic E-state index is 12.4. The lowest BCUT2D eigenvalue weighted by molar-refractivity contribution is -0.132. The average molecular weight is 360 g/mol. The van der Waals surface area contributed by atoms with E-state index in [2.05, 4.69) is 15.9 Å². The Morgan fingerprint density at radius 1 is 1.60 bits per heavy atom. The molecular weight excluding hydrogens is 340 g/mol. The van der Waals surface area contributed by atoms with E-state index in [1.165, 1.54) is 0 Å². The van der Waals surface area contributed by atoms with Gasteiger partial charge in [-0.05, 0) is 43.4 Å². The molecule has 0 aromatic heterocycles. The molecule has 2 rings (SSSR count). The average Bonchev–Trinajstić information content (AvgIpc) is 2.42. The fraction of sp³-hybridized carbons (Fsp3) is 0.533. The summed E-state index contributed by atoms with van der Waals surface area (Å²) in [5.74, 6) is 0.583. The normalized spacial score (nSPS) is 20.8. The largest absolute Gasteiger partial charge is 0.342 e. The lowest BCUT2D eigenvalue weighted by Gasteiger charge is -2.34. The van der Waals surface area contributed by atoms with Gasteiger partial charge < -0.3 is 10.6 Å². The second-order valence-corrected chi connectivity index (χ2v) is 6.80. The summed E-state index contributed by atoms with van der Waals surface area (Å²) in [6.07, 6.45) is 2.56. The minimum atomic E-state index is 0.146. The number of hydrogen-bond donors (Lipinski definition) is 1. The van der Waals surface area contributed by atoms with Crippen LogP contribution in [0.2, 0.25) is 5.02 Å². The number of piperidine rings is 1. The van der Waals surface area contributed by atoms with Gasteiger partial charge in [-0.2, -0.15) is 0 Å². The van der Waals surface area contributed by atoms with Gasteiger partial charge in [0.2, 0.25) is 5.91 Å². The van der Waals surface area contributed by atoms with E-state index in [-0.39, 0.29) is 11.9 Å². The zero-order valence-electron chi connectivity index (χ0n) is 11.6. The van der Waals surface area contributed by atoms with E-state index in [1.54, 1.807) is 0 Å². The number of amides is 1. The Hall–Kier alpha value is -0.580. The van der Waals surface area contributed by atoms with Gasteiger partial charge in [0, 0.05) is 28.6 Å². The van der Waals surface area contributed by atoms with E-state index in [1.807, 2.05) is 30.0 Å². The third kappa shape index (κ3) is 3.96. The van der Waals surface area contributed by atoms with Crippen LogP contribution in [0.25, 0.3) is 0 Å². The zero-order chi connectivity index (χ0) is 14.7. The highest BCUT2D eigenvalue weighted by molar-refractivity contribution is 9.10. The molecule has 1 heterocycles. The summed E-state index contributed by atoms with van der Waals surface area (Å²) in [7, 11) is 0. The Kier molecular flexibility index (Phi) is 5.47. The third-order valence-corrected chi connectivity index (χ3v) is 4.88. The van der Waals surface area contributed by atoms with Crippen LogP contribution < -0.4 is 5.73 Å². The smallest absolute Gasteiger partial charge is 0.227 e. The first kappa shape index (κ1) is 15.8. The molecule has 110 valence electrons. The summed E-state index contributed by atoms with van der Waals surface area (Å²) in [5.41, 5.74) is 6.94. The summed E-state index contributed by atoms with van der Waals surface area (Å²) in [5, 5.41) is 0.670. The van der Waals surface area contributed by atoms with Crippen molar-refractivity contribution in [3.63, 3.8) is 0 Å². The van der Waals surface area contributed by atoms with Gasteiger partial charge in [0.05, 0.1) is 6.42 Å². The molecule has 2 N–H and O–H groups in total. The fourth-order valence-electron chi connectivity index (χ4n) is 2.61. The molecule has 0 saturated carbocycles. The van der Waals surface area contributed by atoms with Gasteiger partial charge in [0.1, 0.15) is 0 Å². The molecule has 1 aromatic carbocycles. The van der Waals surface area contributed by atoms with E-state index < -0.39 is 0 Å². The quantitative estimate of drug-likeness (QED) is 0.900. The van der Waals surface area contributed by atoms with Gasteiger partial charge in [-0.3, -0.25) is 4.79 Å². The molecule has 0 aliphatic carbocycles. The molecule has 0 spiro atoms. The van der Waals surface area contributed by atoms with Crippen molar-refractivity contribution in [2.45, 2.75) is 32.2 Å². The molecule has 1 amide bonds. The second kappa shape index (κ2) is 6.92. The lowest BCUT2D eigenvalue weighted by atomic mass is 9.92. The number of rotatable bonds is 3. The molecule has 1 saturated heterocycles. The number of carbonyl (C=O) groups is 1. The summed E-state index contributed by atoms with van der Waals surface area (Å²) in [6, 6.07) is 5.69. The van der Waals surface area contributed by atoms with Crippen LogP contribution in [0, 0.1) is 5.92 Å². The molecule has 1 aromatic rings. The molecule has 0 unspecified atom stereocenters. The van der Waals surface area contributed by atoms with Crippen molar-refractivity contribution < 1.29 is 4.79 Å². The first-order valence-electron chi connectivity index (χ1n) is 6.94. The van der Waals surface area contributed by atoms with E-state index >= 15 is 0 Å². The molecule has 20 heavy (non-hydrogen) atoms. The van der Waals surface area contributed by atoms with Crippen LogP contribution in [-0.4, -0.2) is 29.9 Å². The predicted octanol–water partition coefficient (Wildman–Crippen LogP) is 3.23. The first-order chi connectivity index (χ1) is 9.47. The molecule has 1 aliphatic heterocycles. The SMILES string of the molecule is C[C@@H](N)[C@@H]1CCCN(C(=O)Cc2ccc(Cl)cc2Br)C1. The number of nitrogens with two attached hydrogens (primary N) is 1. The molecule has 2 atom stereocenters. The van der Waals surface area contributed by atoms with Crippen LogP contribution in [0.15, 0.2) is 22.7 Å². The molecule has 5 heteroatoms. The highest BCUT2D eigenvalue weighted by atomic mass is 79.9. The Bertz CT molecular complexity index is 493. The molecule has 0 bridgehead atoms. The van der Waals surface area contributed by atoms with Crippen molar-refractivity contribution in [1.29, 1.82) is 0 Å². The predicted molar refractivity (Wildman–Crippen MR) is 85.8 cm³/mol. The standard InChI is InChI=1S/C15H20BrClN2O/c1-10(18)12-3-2-6-19(9-12)15(20)7-11-4-5-13(17)8-14(11)16/h4-5,8,10,12H,2-3,6-7,9,18H2,1H3/t10-,12-/m1/s1. The Labute approximate surface area is 133 Å². The van der Waals surface area contributed by atoms with Crippen LogP contribution in [0.4, 0.5) is 0 Å². The van der Waals surface area contributed by atoms with Crippen LogP contribution >= 0.6 is 27.5 Å². The third-order valence-electron chi connectivity index (χ3n) is 3.91. The second-order valence-electron chi connectivity index (χ2n) is 5.51. The summed E-state index contributed by atoms with van der Waals surface area (Å²) in [6.45, 7) is 3.64. The van der Waals surface area contributed by atoms with Crippen molar-refractivity contribution in [3.8, 4) is 0 Å².